The number of carbonyl (C=O) groups excluding carboxylic acids is 1. The van der Waals surface area contributed by atoms with Crippen LogP contribution in [0.3, 0.4) is 0 Å². The van der Waals surface area contributed by atoms with Crippen LogP contribution >= 0.6 is 46.8 Å². The molecule has 1 heterocycles. The van der Waals surface area contributed by atoms with Gasteiger partial charge < -0.3 is 10.1 Å². The van der Waals surface area contributed by atoms with E-state index in [1.165, 1.54) is 13.2 Å². The molecule has 0 atom stereocenters. The Morgan fingerprint density at radius 3 is 2.58 bits per heavy atom. The molecule has 0 spiro atoms. The lowest BCUT2D eigenvalue weighted by molar-refractivity contribution is 0.0975. The van der Waals surface area contributed by atoms with Gasteiger partial charge in [0.25, 0.3) is 5.91 Å². The van der Waals surface area contributed by atoms with Gasteiger partial charge in [-0.05, 0) is 60.7 Å². The van der Waals surface area contributed by atoms with E-state index in [-0.39, 0.29) is 10.7 Å². The maximum Gasteiger partial charge on any atom is 0.261 e. The van der Waals surface area contributed by atoms with E-state index >= 15 is 0 Å². The summed E-state index contributed by atoms with van der Waals surface area (Å²) >= 11 is 19.2. The zero-order valence-corrected chi connectivity index (χ0v) is 19.3. The molecule has 0 aliphatic rings. The van der Waals surface area contributed by atoms with Gasteiger partial charge in [0.05, 0.1) is 28.6 Å². The van der Waals surface area contributed by atoms with Crippen molar-refractivity contribution in [2.24, 2.45) is 0 Å². The fourth-order valence-corrected chi connectivity index (χ4v) is 4.51. The molecule has 0 unspecified atom stereocenters. The van der Waals surface area contributed by atoms with Crippen LogP contribution in [0.5, 0.6) is 5.75 Å². The number of fused-ring (bicyclic) bond motifs is 1. The summed E-state index contributed by atoms with van der Waals surface area (Å²) < 4.78 is 6.30. The molecule has 31 heavy (non-hydrogen) atoms. The van der Waals surface area contributed by atoms with Crippen molar-refractivity contribution in [1.29, 1.82) is 0 Å². The van der Waals surface area contributed by atoms with Gasteiger partial charge in [-0.3, -0.25) is 10.1 Å². The molecule has 0 radical (unpaired) electrons. The number of carbonyl (C=O) groups is 1. The number of rotatable bonds is 4. The second kappa shape index (κ2) is 9.20. The normalized spacial score (nSPS) is 10.7. The lowest BCUT2D eigenvalue weighted by Gasteiger charge is -2.14. The van der Waals surface area contributed by atoms with E-state index in [1.807, 2.05) is 30.3 Å². The van der Waals surface area contributed by atoms with Crippen molar-refractivity contribution in [3.8, 4) is 16.3 Å². The highest BCUT2D eigenvalue weighted by molar-refractivity contribution is 7.80. The minimum atomic E-state index is -0.438. The maximum absolute atomic E-state index is 12.7. The second-order valence-electron chi connectivity index (χ2n) is 6.43. The van der Waals surface area contributed by atoms with E-state index in [0.717, 1.165) is 20.8 Å². The molecule has 2 N–H and O–H groups in total. The molecule has 4 rings (SSSR count). The van der Waals surface area contributed by atoms with Crippen LogP contribution in [0.1, 0.15) is 10.4 Å². The van der Waals surface area contributed by atoms with Gasteiger partial charge in [-0.25, -0.2) is 4.98 Å². The number of para-hydroxylation sites is 1. The van der Waals surface area contributed by atoms with Crippen LogP contribution in [0.2, 0.25) is 10.0 Å². The van der Waals surface area contributed by atoms with Gasteiger partial charge in [0.1, 0.15) is 10.8 Å². The highest BCUT2D eigenvalue weighted by Gasteiger charge is 2.16. The number of ether oxygens (including phenoxy) is 1. The van der Waals surface area contributed by atoms with E-state index in [9.17, 15) is 4.79 Å². The molecule has 3 aromatic carbocycles. The van der Waals surface area contributed by atoms with Crippen molar-refractivity contribution >= 4 is 73.7 Å². The number of amides is 1. The van der Waals surface area contributed by atoms with Crippen molar-refractivity contribution in [1.82, 2.24) is 10.3 Å². The largest absolute Gasteiger partial charge is 0.496 e. The predicted molar refractivity (Wildman–Crippen MR) is 132 cm³/mol. The van der Waals surface area contributed by atoms with E-state index < -0.39 is 5.91 Å². The second-order valence-corrected chi connectivity index (χ2v) is 8.74. The summed E-state index contributed by atoms with van der Waals surface area (Å²) in [7, 11) is 1.48. The predicted octanol–water partition coefficient (Wildman–Crippen LogP) is 6.41. The van der Waals surface area contributed by atoms with Gasteiger partial charge >= 0.3 is 0 Å². The third-order valence-electron chi connectivity index (χ3n) is 4.39. The summed E-state index contributed by atoms with van der Waals surface area (Å²) in [6, 6.07) is 18.0. The Hall–Kier alpha value is -2.71. The van der Waals surface area contributed by atoms with E-state index in [1.54, 1.807) is 35.6 Å². The maximum atomic E-state index is 12.7. The Bertz CT molecular complexity index is 1270. The first kappa shape index (κ1) is 21.5. The third kappa shape index (κ3) is 4.80. The smallest absolute Gasteiger partial charge is 0.261 e. The molecule has 1 aromatic heterocycles. The number of aromatic nitrogens is 1. The number of methoxy groups -OCH3 is 1. The Kier molecular flexibility index (Phi) is 6.38. The summed E-state index contributed by atoms with van der Waals surface area (Å²) in [4.78, 5) is 17.4. The average Bonchev–Trinajstić information content (AvgIpc) is 3.19. The molecular weight excluding hydrogens is 473 g/mol. The molecule has 0 saturated heterocycles. The summed E-state index contributed by atoms with van der Waals surface area (Å²) in [6.07, 6.45) is 0. The van der Waals surface area contributed by atoms with Crippen LogP contribution in [-0.2, 0) is 0 Å². The first-order valence-electron chi connectivity index (χ1n) is 9.06. The zero-order chi connectivity index (χ0) is 22.0. The Morgan fingerprint density at radius 2 is 1.81 bits per heavy atom. The average molecular weight is 488 g/mol. The van der Waals surface area contributed by atoms with Crippen LogP contribution < -0.4 is 15.4 Å². The number of hydrogen-bond acceptors (Lipinski definition) is 5. The molecule has 0 saturated carbocycles. The lowest BCUT2D eigenvalue weighted by Crippen LogP contribution is -2.34. The first-order valence-corrected chi connectivity index (χ1v) is 11.0. The SMILES string of the molecule is COc1ccc(Cl)cc1C(=O)NC(=S)Nc1ccc(Cl)cc1-c1nc2ccccc2s1. The van der Waals surface area contributed by atoms with Crippen molar-refractivity contribution in [2.75, 3.05) is 12.4 Å². The van der Waals surface area contributed by atoms with Crippen LogP contribution in [-0.4, -0.2) is 23.1 Å². The van der Waals surface area contributed by atoms with Gasteiger partial charge in [-0.1, -0.05) is 35.3 Å². The fraction of sp³-hybridized carbons (Fsp3) is 0.0455. The van der Waals surface area contributed by atoms with Crippen molar-refractivity contribution < 1.29 is 9.53 Å². The Balaban J connectivity index is 1.59. The van der Waals surface area contributed by atoms with Crippen LogP contribution in [0, 0.1) is 0 Å². The standard InChI is InChI=1S/C22H15Cl2N3O2S2/c1-29-18-9-7-13(24)11-15(18)20(28)27-22(30)26-16-8-6-12(23)10-14(16)21-25-17-4-2-3-5-19(17)31-21/h2-11H,1H3,(H2,26,27,28,30). The highest BCUT2D eigenvalue weighted by Crippen LogP contribution is 2.36. The van der Waals surface area contributed by atoms with Gasteiger partial charge in [0.2, 0.25) is 0 Å². The topological polar surface area (TPSA) is 63.2 Å². The molecule has 0 bridgehead atoms. The summed E-state index contributed by atoms with van der Waals surface area (Å²) in [5.41, 5.74) is 2.64. The number of hydrogen-bond donors (Lipinski definition) is 2. The third-order valence-corrected chi connectivity index (χ3v) is 6.13. The van der Waals surface area contributed by atoms with E-state index in [0.29, 0.717) is 21.5 Å². The summed E-state index contributed by atoms with van der Waals surface area (Å²) in [5.74, 6) is -0.0429. The van der Waals surface area contributed by atoms with Crippen molar-refractivity contribution in [3.63, 3.8) is 0 Å². The molecule has 1 amide bonds. The summed E-state index contributed by atoms with van der Waals surface area (Å²) in [6.45, 7) is 0. The minimum absolute atomic E-state index is 0.122. The van der Waals surface area contributed by atoms with E-state index in [4.69, 9.17) is 45.1 Å². The van der Waals surface area contributed by atoms with Gasteiger partial charge in [-0.2, -0.15) is 0 Å². The monoisotopic (exact) mass is 487 g/mol. The number of anilines is 1. The highest BCUT2D eigenvalue weighted by atomic mass is 35.5. The Labute approximate surface area is 198 Å². The molecule has 0 aliphatic carbocycles. The molecule has 0 aliphatic heterocycles. The quantitative estimate of drug-likeness (QED) is 0.325. The number of nitrogens with one attached hydrogen (secondary N) is 2. The number of halogens is 2. The summed E-state index contributed by atoms with van der Waals surface area (Å²) in [5, 5.41) is 7.62. The zero-order valence-electron chi connectivity index (χ0n) is 16.1. The van der Waals surface area contributed by atoms with E-state index in [2.05, 4.69) is 10.6 Å². The molecule has 0 fully saturated rings. The molecule has 156 valence electrons. The van der Waals surface area contributed by atoms with Gasteiger partial charge in [0, 0.05) is 15.6 Å². The fourth-order valence-electron chi connectivity index (χ4n) is 2.97. The number of thiazole rings is 1. The van der Waals surface area contributed by atoms with Gasteiger partial charge in [0.15, 0.2) is 5.11 Å². The first-order chi connectivity index (χ1) is 14.9. The molecular formula is C22H15Cl2N3O2S2. The minimum Gasteiger partial charge on any atom is -0.496 e. The Morgan fingerprint density at radius 1 is 1.06 bits per heavy atom. The van der Waals surface area contributed by atoms with Crippen molar-refractivity contribution in [3.05, 3.63) is 76.3 Å². The van der Waals surface area contributed by atoms with Crippen LogP contribution in [0.15, 0.2) is 60.7 Å². The van der Waals surface area contributed by atoms with Gasteiger partial charge in [-0.15, -0.1) is 11.3 Å². The number of benzene rings is 3. The molecule has 4 aromatic rings. The number of nitrogens with zero attached hydrogens (tertiary/aromatic N) is 1. The van der Waals surface area contributed by atoms with Crippen LogP contribution in [0.25, 0.3) is 20.8 Å². The van der Waals surface area contributed by atoms with Crippen LogP contribution in [0.4, 0.5) is 5.69 Å². The van der Waals surface area contributed by atoms with Crippen molar-refractivity contribution in [2.45, 2.75) is 0 Å². The lowest BCUT2D eigenvalue weighted by atomic mass is 10.2. The number of thiocarbonyl (C=S) groups is 1. The molecule has 5 nitrogen and oxygen atoms in total. The molecule has 9 heteroatoms.